The van der Waals surface area contributed by atoms with E-state index in [1.165, 1.54) is 17.7 Å². The van der Waals surface area contributed by atoms with Crippen molar-refractivity contribution in [1.29, 1.82) is 0 Å². The third kappa shape index (κ3) is 0.947. The van der Waals surface area contributed by atoms with E-state index >= 15 is 0 Å². The van der Waals surface area contributed by atoms with Crippen LogP contribution in [0.3, 0.4) is 0 Å². The minimum Gasteiger partial charge on any atom is -0.475 e. The predicted molar refractivity (Wildman–Crippen MR) is 42.2 cm³/mol. The fraction of sp³-hybridized carbons (Fsp3) is 0. The van der Waals surface area contributed by atoms with E-state index < -0.39 is 5.97 Å². The first-order valence-electron chi connectivity index (χ1n) is 3.25. The van der Waals surface area contributed by atoms with E-state index in [1.54, 1.807) is 22.0 Å². The van der Waals surface area contributed by atoms with Crippen molar-refractivity contribution in [2.75, 3.05) is 0 Å². The zero-order chi connectivity index (χ0) is 8.55. The van der Waals surface area contributed by atoms with Gasteiger partial charge in [0.1, 0.15) is 6.20 Å². The van der Waals surface area contributed by atoms with Gasteiger partial charge in [0.05, 0.1) is 0 Å². The molecule has 2 rings (SSSR count). The zero-order valence-electron chi connectivity index (χ0n) is 5.97. The third-order valence-electron chi connectivity index (χ3n) is 1.49. The largest absolute Gasteiger partial charge is 0.475 e. The summed E-state index contributed by atoms with van der Waals surface area (Å²) in [5.74, 6) is -0.931. The molecule has 2 aromatic rings. The van der Waals surface area contributed by atoms with Crippen LogP contribution in [-0.2, 0) is 0 Å². The molecule has 0 aliphatic carbocycles. The molecule has 2 heterocycles. The molecule has 0 unspecified atom stereocenters. The molecule has 60 valence electrons. The Morgan fingerprint density at radius 3 is 3.25 bits per heavy atom. The predicted octanol–water partition coefficient (Wildman–Crippen LogP) is 0.580. The lowest BCUT2D eigenvalue weighted by atomic mass is 10.5. The summed E-state index contributed by atoms with van der Waals surface area (Å²) in [4.78, 5) is 15.3. The molecule has 0 radical (unpaired) electrons. The molecule has 1 N–H and O–H groups in total. The molecule has 0 atom stereocenters. The maximum Gasteiger partial charge on any atom is 0.377 e. The van der Waals surface area contributed by atoms with Crippen molar-refractivity contribution in [2.24, 2.45) is 0 Å². The van der Waals surface area contributed by atoms with Gasteiger partial charge >= 0.3 is 5.97 Å². The van der Waals surface area contributed by atoms with Crippen LogP contribution in [-0.4, -0.2) is 16.1 Å². The highest BCUT2D eigenvalue weighted by molar-refractivity contribution is 7.15. The fourth-order valence-electron chi connectivity index (χ4n) is 0.953. The number of carboxylic acids is 1. The van der Waals surface area contributed by atoms with Gasteiger partial charge in [0.15, 0.2) is 4.83 Å². The van der Waals surface area contributed by atoms with E-state index in [0.717, 1.165) is 4.83 Å². The van der Waals surface area contributed by atoms with Gasteiger partial charge < -0.3 is 5.11 Å². The van der Waals surface area contributed by atoms with Crippen LogP contribution in [0.4, 0.5) is 0 Å². The average Bonchev–Trinajstić information content (AvgIpc) is 2.47. The lowest BCUT2D eigenvalue weighted by molar-refractivity contribution is -0.514. The van der Waals surface area contributed by atoms with Crippen LogP contribution >= 0.6 is 11.3 Å². The van der Waals surface area contributed by atoms with Crippen LogP contribution in [0.25, 0.3) is 4.83 Å². The Morgan fingerprint density at radius 2 is 2.50 bits per heavy atom. The number of aromatic carboxylic acids is 1. The molecule has 0 bridgehead atoms. The Kier molecular flexibility index (Phi) is 1.51. The maximum absolute atomic E-state index is 10.6. The van der Waals surface area contributed by atoms with Crippen molar-refractivity contribution in [3.05, 3.63) is 29.7 Å². The van der Waals surface area contributed by atoms with Crippen LogP contribution in [0, 0.1) is 0 Å². The molecule has 12 heavy (non-hydrogen) atoms. The Hall–Kier alpha value is -1.49. The Morgan fingerprint density at radius 1 is 1.67 bits per heavy atom. The second-order valence-electron chi connectivity index (χ2n) is 2.21. The standard InChI is InChI=1S/C7H4N2O2S/c10-7(11)5-3-12-6-1-2-8-4-9(5)6/h1-4H/p+1. The second-order valence-corrected chi connectivity index (χ2v) is 3.10. The van der Waals surface area contributed by atoms with Crippen molar-refractivity contribution < 1.29 is 14.3 Å². The number of hydrogen-bond acceptors (Lipinski definition) is 3. The molecule has 0 aliphatic rings. The number of aromatic nitrogens is 2. The Bertz CT molecular complexity index is 438. The highest BCUT2D eigenvalue weighted by Gasteiger charge is 2.14. The molecule has 0 aliphatic heterocycles. The number of nitrogens with zero attached hydrogens (tertiary/aromatic N) is 2. The smallest absolute Gasteiger partial charge is 0.377 e. The SMILES string of the molecule is O=C(O)c1csc2ccnc[n+]12. The van der Waals surface area contributed by atoms with E-state index in [1.807, 2.05) is 0 Å². The molecule has 5 heteroatoms. The molecule has 2 aromatic heterocycles. The number of carboxylic acid groups (broad SMARTS) is 1. The van der Waals surface area contributed by atoms with E-state index in [2.05, 4.69) is 4.98 Å². The molecule has 0 amide bonds. The second kappa shape index (κ2) is 2.53. The summed E-state index contributed by atoms with van der Waals surface area (Å²) in [5, 5.41) is 10.3. The van der Waals surface area contributed by atoms with Crippen LogP contribution in [0.1, 0.15) is 10.5 Å². The summed E-state index contributed by atoms with van der Waals surface area (Å²) >= 11 is 1.38. The van der Waals surface area contributed by atoms with Gasteiger partial charge in [-0.15, -0.1) is 0 Å². The highest BCUT2D eigenvalue weighted by atomic mass is 32.1. The summed E-state index contributed by atoms with van der Waals surface area (Å²) in [6.07, 6.45) is 3.13. The molecular weight excluding hydrogens is 176 g/mol. The zero-order valence-corrected chi connectivity index (χ0v) is 6.78. The minimum atomic E-state index is -0.931. The van der Waals surface area contributed by atoms with Gasteiger partial charge in [-0.1, -0.05) is 16.3 Å². The number of hydrogen-bond donors (Lipinski definition) is 1. The van der Waals surface area contributed by atoms with Crippen molar-refractivity contribution in [1.82, 2.24) is 4.98 Å². The number of rotatable bonds is 1. The van der Waals surface area contributed by atoms with Crippen molar-refractivity contribution in [2.45, 2.75) is 0 Å². The molecule has 0 saturated heterocycles. The molecule has 0 spiro atoms. The van der Waals surface area contributed by atoms with Gasteiger partial charge in [-0.2, -0.15) is 4.40 Å². The molecule has 0 aromatic carbocycles. The first-order chi connectivity index (χ1) is 5.79. The van der Waals surface area contributed by atoms with Crippen molar-refractivity contribution >= 4 is 22.1 Å². The fourth-order valence-corrected chi connectivity index (χ4v) is 1.80. The molecule has 0 saturated carbocycles. The van der Waals surface area contributed by atoms with Gasteiger partial charge in [-0.3, -0.25) is 0 Å². The molecule has 0 fully saturated rings. The van der Waals surface area contributed by atoms with E-state index in [0.29, 0.717) is 0 Å². The van der Waals surface area contributed by atoms with Gasteiger partial charge in [0.25, 0.3) is 6.33 Å². The van der Waals surface area contributed by atoms with Gasteiger partial charge in [-0.05, 0) is 0 Å². The van der Waals surface area contributed by atoms with E-state index in [-0.39, 0.29) is 5.69 Å². The van der Waals surface area contributed by atoms with Gasteiger partial charge in [0.2, 0.25) is 5.69 Å². The first kappa shape index (κ1) is 7.17. The Labute approximate surface area is 71.7 Å². The molecule has 4 nitrogen and oxygen atoms in total. The third-order valence-corrected chi connectivity index (χ3v) is 2.41. The van der Waals surface area contributed by atoms with Crippen molar-refractivity contribution in [3.63, 3.8) is 0 Å². The average molecular weight is 181 g/mol. The topological polar surface area (TPSA) is 54.3 Å². The first-order valence-corrected chi connectivity index (χ1v) is 4.13. The van der Waals surface area contributed by atoms with E-state index in [4.69, 9.17) is 5.11 Å². The van der Waals surface area contributed by atoms with Gasteiger partial charge in [-0.25, -0.2) is 4.79 Å². The minimum absolute atomic E-state index is 0.253. The quantitative estimate of drug-likeness (QED) is 0.655. The normalized spacial score (nSPS) is 10.3. The summed E-state index contributed by atoms with van der Waals surface area (Å²) in [6.45, 7) is 0. The molecular formula is C7H5N2O2S+. The summed E-state index contributed by atoms with van der Waals surface area (Å²) in [5.41, 5.74) is 0.253. The van der Waals surface area contributed by atoms with E-state index in [9.17, 15) is 4.79 Å². The number of carbonyl (C=O) groups is 1. The lowest BCUT2D eigenvalue weighted by Crippen LogP contribution is -2.27. The summed E-state index contributed by atoms with van der Waals surface area (Å²) < 4.78 is 1.55. The van der Waals surface area contributed by atoms with Gasteiger partial charge in [0, 0.05) is 11.4 Å². The maximum atomic E-state index is 10.6. The lowest BCUT2D eigenvalue weighted by Gasteiger charge is -1.84. The Balaban J connectivity index is 2.79. The summed E-state index contributed by atoms with van der Waals surface area (Å²) in [6, 6.07) is 1.77. The monoisotopic (exact) mass is 181 g/mol. The van der Waals surface area contributed by atoms with Crippen molar-refractivity contribution in [3.8, 4) is 0 Å². The number of thiazole rings is 1. The van der Waals surface area contributed by atoms with Crippen LogP contribution in [0.15, 0.2) is 24.0 Å². The van der Waals surface area contributed by atoms with Crippen LogP contribution in [0.2, 0.25) is 0 Å². The summed E-state index contributed by atoms with van der Waals surface area (Å²) in [7, 11) is 0. The number of fused-ring (bicyclic) bond motifs is 1. The van der Waals surface area contributed by atoms with Crippen LogP contribution < -0.4 is 4.40 Å². The highest BCUT2D eigenvalue weighted by Crippen LogP contribution is 2.07. The van der Waals surface area contributed by atoms with Crippen LogP contribution in [0.5, 0.6) is 0 Å².